The number of amides is 1. The molecule has 0 atom stereocenters. The summed E-state index contributed by atoms with van der Waals surface area (Å²) in [5.74, 6) is -0.0410. The van der Waals surface area contributed by atoms with Crippen LogP contribution >= 0.6 is 11.3 Å². The maximum absolute atomic E-state index is 12.6. The van der Waals surface area contributed by atoms with Crippen LogP contribution in [0.15, 0.2) is 42.5 Å². The number of rotatable bonds is 3. The lowest BCUT2D eigenvalue weighted by atomic mass is 10.1. The summed E-state index contributed by atoms with van der Waals surface area (Å²) < 4.78 is 1.15. The summed E-state index contributed by atoms with van der Waals surface area (Å²) in [5.41, 5.74) is 4.17. The molecule has 0 aliphatic rings. The first kappa shape index (κ1) is 15.6. The van der Waals surface area contributed by atoms with Crippen LogP contribution < -0.4 is 10.2 Å². The van der Waals surface area contributed by atoms with Crippen molar-refractivity contribution in [3.63, 3.8) is 0 Å². The van der Waals surface area contributed by atoms with Crippen LogP contribution in [0.25, 0.3) is 10.1 Å². The fourth-order valence-electron chi connectivity index (χ4n) is 2.81. The second-order valence-electron chi connectivity index (χ2n) is 5.90. The fraction of sp³-hybridized carbons (Fsp3) is 0.211. The van der Waals surface area contributed by atoms with Crippen LogP contribution in [0.2, 0.25) is 0 Å². The summed E-state index contributed by atoms with van der Waals surface area (Å²) in [4.78, 5) is 15.5. The van der Waals surface area contributed by atoms with Gasteiger partial charge in [-0.3, -0.25) is 4.79 Å². The van der Waals surface area contributed by atoms with Gasteiger partial charge in [-0.05, 0) is 54.6 Å². The number of thiophene rings is 1. The van der Waals surface area contributed by atoms with Gasteiger partial charge in [-0.15, -0.1) is 11.3 Å². The molecule has 0 aliphatic carbocycles. The summed E-state index contributed by atoms with van der Waals surface area (Å²) >= 11 is 1.54. The van der Waals surface area contributed by atoms with Crippen molar-refractivity contribution in [1.29, 1.82) is 0 Å². The molecule has 0 bridgehead atoms. The van der Waals surface area contributed by atoms with Crippen molar-refractivity contribution in [2.45, 2.75) is 13.8 Å². The van der Waals surface area contributed by atoms with Crippen molar-refractivity contribution in [1.82, 2.24) is 0 Å². The molecule has 0 fully saturated rings. The van der Waals surface area contributed by atoms with Crippen LogP contribution in [0, 0.1) is 13.8 Å². The molecular formula is C19H20N2OS. The van der Waals surface area contributed by atoms with Crippen LogP contribution in [0.5, 0.6) is 0 Å². The van der Waals surface area contributed by atoms with E-state index < -0.39 is 0 Å². The topological polar surface area (TPSA) is 32.3 Å². The van der Waals surface area contributed by atoms with Crippen LogP contribution in [-0.4, -0.2) is 20.0 Å². The minimum absolute atomic E-state index is 0.0410. The fourth-order valence-corrected chi connectivity index (χ4v) is 3.92. The van der Waals surface area contributed by atoms with Crippen LogP contribution in [0.4, 0.5) is 11.4 Å². The molecule has 1 aromatic heterocycles. The molecule has 3 nitrogen and oxygen atoms in total. The van der Waals surface area contributed by atoms with Crippen LogP contribution in [-0.2, 0) is 0 Å². The zero-order chi connectivity index (χ0) is 16.6. The lowest BCUT2D eigenvalue weighted by Gasteiger charge is -2.16. The van der Waals surface area contributed by atoms with Gasteiger partial charge >= 0.3 is 0 Å². The van der Waals surface area contributed by atoms with Crippen molar-refractivity contribution in [2.24, 2.45) is 0 Å². The normalized spacial score (nSPS) is 10.8. The monoisotopic (exact) mass is 324 g/mol. The third-order valence-electron chi connectivity index (χ3n) is 3.99. The summed E-state index contributed by atoms with van der Waals surface area (Å²) in [6, 6.07) is 14.1. The highest BCUT2D eigenvalue weighted by Crippen LogP contribution is 2.31. The summed E-state index contributed by atoms with van der Waals surface area (Å²) in [5, 5.41) is 4.17. The van der Waals surface area contributed by atoms with Gasteiger partial charge in [-0.2, -0.15) is 0 Å². The molecule has 0 spiro atoms. The Balaban J connectivity index is 1.89. The van der Waals surface area contributed by atoms with Gasteiger partial charge in [0.1, 0.15) is 0 Å². The minimum atomic E-state index is -0.0410. The van der Waals surface area contributed by atoms with Gasteiger partial charge in [-0.1, -0.05) is 18.2 Å². The van der Waals surface area contributed by atoms with E-state index in [-0.39, 0.29) is 5.91 Å². The van der Waals surface area contributed by atoms with Gasteiger partial charge < -0.3 is 10.2 Å². The van der Waals surface area contributed by atoms with E-state index in [1.165, 1.54) is 0 Å². The summed E-state index contributed by atoms with van der Waals surface area (Å²) in [6.45, 7) is 4.06. The van der Waals surface area contributed by atoms with Crippen LogP contribution in [0.3, 0.4) is 0 Å². The van der Waals surface area contributed by atoms with Crippen LogP contribution in [0.1, 0.15) is 20.8 Å². The van der Waals surface area contributed by atoms with E-state index in [2.05, 4.69) is 29.3 Å². The predicted octanol–water partition coefficient (Wildman–Crippen LogP) is 4.84. The Hall–Kier alpha value is -2.33. The average Bonchev–Trinajstić information content (AvgIpc) is 2.85. The lowest BCUT2D eigenvalue weighted by molar-refractivity contribution is 0.103. The molecule has 1 amide bonds. The zero-order valence-corrected chi connectivity index (χ0v) is 14.6. The van der Waals surface area contributed by atoms with E-state index in [1.54, 1.807) is 11.3 Å². The van der Waals surface area contributed by atoms with Gasteiger partial charge in [0.2, 0.25) is 0 Å². The Labute approximate surface area is 140 Å². The number of carbonyl (C=O) groups is 1. The summed E-state index contributed by atoms with van der Waals surface area (Å²) in [7, 11) is 4.03. The number of anilines is 2. The van der Waals surface area contributed by atoms with Gasteiger partial charge in [0.05, 0.1) is 4.88 Å². The van der Waals surface area contributed by atoms with Gasteiger partial charge in [0.15, 0.2) is 0 Å². The molecular weight excluding hydrogens is 304 g/mol. The number of carbonyl (C=O) groups excluding carboxylic acids is 1. The molecule has 0 saturated heterocycles. The van der Waals surface area contributed by atoms with Gasteiger partial charge in [-0.25, -0.2) is 0 Å². The molecule has 4 heteroatoms. The molecule has 1 heterocycles. The second-order valence-corrected chi connectivity index (χ2v) is 6.95. The Kier molecular flexibility index (Phi) is 4.09. The molecule has 0 unspecified atom stereocenters. The Bertz CT molecular complexity index is 880. The maximum atomic E-state index is 12.6. The van der Waals surface area contributed by atoms with Crippen molar-refractivity contribution in [3.8, 4) is 0 Å². The standard InChI is InChI=1S/C19H20N2OS/c1-12-11-14(9-10-16(12)21(3)4)20-19(22)18-13(2)15-7-5-6-8-17(15)23-18/h5-11H,1-4H3,(H,20,22). The third kappa shape index (κ3) is 2.94. The molecule has 3 rings (SSSR count). The van der Waals surface area contributed by atoms with E-state index in [0.29, 0.717) is 0 Å². The smallest absolute Gasteiger partial charge is 0.266 e. The molecule has 0 saturated carbocycles. The largest absolute Gasteiger partial charge is 0.377 e. The molecule has 2 aromatic carbocycles. The third-order valence-corrected chi connectivity index (χ3v) is 5.26. The Morgan fingerprint density at radius 3 is 2.48 bits per heavy atom. The number of fused-ring (bicyclic) bond motifs is 1. The highest BCUT2D eigenvalue weighted by Gasteiger charge is 2.15. The number of hydrogen-bond acceptors (Lipinski definition) is 3. The summed E-state index contributed by atoms with van der Waals surface area (Å²) in [6.07, 6.45) is 0. The zero-order valence-electron chi connectivity index (χ0n) is 13.8. The first-order valence-corrected chi connectivity index (χ1v) is 8.36. The van der Waals surface area contributed by atoms with Gasteiger partial charge in [0, 0.05) is 30.2 Å². The van der Waals surface area contributed by atoms with E-state index in [1.807, 2.05) is 51.4 Å². The first-order valence-electron chi connectivity index (χ1n) is 7.55. The highest BCUT2D eigenvalue weighted by atomic mass is 32.1. The number of benzene rings is 2. The average molecular weight is 324 g/mol. The predicted molar refractivity (Wildman–Crippen MR) is 100 cm³/mol. The second kappa shape index (κ2) is 6.05. The molecule has 3 aromatic rings. The SMILES string of the molecule is Cc1cc(NC(=O)c2sc3ccccc3c2C)ccc1N(C)C. The Morgan fingerprint density at radius 2 is 1.83 bits per heavy atom. The van der Waals surface area contributed by atoms with E-state index in [4.69, 9.17) is 0 Å². The quantitative estimate of drug-likeness (QED) is 0.748. The number of nitrogens with zero attached hydrogens (tertiary/aromatic N) is 1. The van der Waals surface area contributed by atoms with E-state index >= 15 is 0 Å². The number of nitrogens with one attached hydrogen (secondary N) is 1. The molecule has 0 aliphatic heterocycles. The van der Waals surface area contributed by atoms with Crippen molar-refractivity contribution < 1.29 is 4.79 Å². The van der Waals surface area contributed by atoms with Crippen molar-refractivity contribution in [2.75, 3.05) is 24.3 Å². The van der Waals surface area contributed by atoms with Crippen molar-refractivity contribution in [3.05, 3.63) is 58.5 Å². The highest BCUT2D eigenvalue weighted by molar-refractivity contribution is 7.21. The van der Waals surface area contributed by atoms with E-state index in [9.17, 15) is 4.79 Å². The van der Waals surface area contributed by atoms with E-state index in [0.717, 1.165) is 37.5 Å². The molecule has 118 valence electrons. The lowest BCUT2D eigenvalue weighted by Crippen LogP contribution is -2.13. The number of hydrogen-bond donors (Lipinski definition) is 1. The first-order chi connectivity index (χ1) is 11.0. The Morgan fingerprint density at radius 1 is 1.09 bits per heavy atom. The van der Waals surface area contributed by atoms with Crippen molar-refractivity contribution >= 4 is 38.7 Å². The molecule has 0 radical (unpaired) electrons. The number of aryl methyl sites for hydroxylation is 2. The van der Waals surface area contributed by atoms with Gasteiger partial charge in [0.25, 0.3) is 5.91 Å². The minimum Gasteiger partial charge on any atom is -0.377 e. The molecule has 23 heavy (non-hydrogen) atoms. The molecule has 1 N–H and O–H groups in total. The maximum Gasteiger partial charge on any atom is 0.266 e.